The Bertz CT molecular complexity index is 707. The van der Waals surface area contributed by atoms with Crippen molar-refractivity contribution in [3.63, 3.8) is 0 Å². The molecule has 23 heavy (non-hydrogen) atoms. The zero-order chi connectivity index (χ0) is 16.4. The van der Waals surface area contributed by atoms with Crippen LogP contribution in [0.15, 0.2) is 35.7 Å². The quantitative estimate of drug-likeness (QED) is 0.937. The lowest BCUT2D eigenvalue weighted by Crippen LogP contribution is -2.34. The van der Waals surface area contributed by atoms with Crippen molar-refractivity contribution in [3.05, 3.63) is 51.7 Å². The van der Waals surface area contributed by atoms with Gasteiger partial charge in [0.2, 0.25) is 0 Å². The fraction of sp³-hybridized carbons (Fsp3) is 0.294. The lowest BCUT2D eigenvalue weighted by Gasteiger charge is -2.14. The zero-order valence-electron chi connectivity index (χ0n) is 13.0. The van der Waals surface area contributed by atoms with E-state index in [2.05, 4.69) is 11.4 Å². The fourth-order valence-corrected chi connectivity index (χ4v) is 3.29. The van der Waals surface area contributed by atoms with Crippen LogP contribution in [0.25, 0.3) is 0 Å². The van der Waals surface area contributed by atoms with E-state index < -0.39 is 0 Å². The van der Waals surface area contributed by atoms with Crippen molar-refractivity contribution in [2.45, 2.75) is 20.0 Å². The van der Waals surface area contributed by atoms with Crippen molar-refractivity contribution >= 4 is 29.0 Å². The third-order valence-corrected chi connectivity index (χ3v) is 4.50. The summed E-state index contributed by atoms with van der Waals surface area (Å²) in [6.07, 6.45) is -0.711. The molecule has 0 bridgehead atoms. The van der Waals surface area contributed by atoms with Gasteiger partial charge in [0.05, 0.1) is 18.0 Å². The smallest absolute Gasteiger partial charge is 0.414 e. The fourth-order valence-electron chi connectivity index (χ4n) is 2.65. The van der Waals surface area contributed by atoms with Gasteiger partial charge in [-0.15, -0.1) is 11.3 Å². The molecular formula is C17H18N2O3S. The van der Waals surface area contributed by atoms with Crippen molar-refractivity contribution < 1.29 is 14.3 Å². The molecule has 120 valence electrons. The highest BCUT2D eigenvalue weighted by molar-refractivity contribution is 7.12. The van der Waals surface area contributed by atoms with Crippen LogP contribution in [0.2, 0.25) is 0 Å². The third-order valence-electron chi connectivity index (χ3n) is 3.63. The van der Waals surface area contributed by atoms with Gasteiger partial charge in [-0.1, -0.05) is 12.1 Å². The molecule has 1 fully saturated rings. The average molecular weight is 330 g/mol. The van der Waals surface area contributed by atoms with E-state index in [1.54, 1.807) is 11.0 Å². The van der Waals surface area contributed by atoms with Crippen LogP contribution in [-0.4, -0.2) is 31.2 Å². The minimum absolute atomic E-state index is 0.138. The monoisotopic (exact) mass is 330 g/mol. The number of carbonyl (C=O) groups is 2. The number of aryl methyl sites for hydroxylation is 2. The van der Waals surface area contributed by atoms with E-state index in [0.29, 0.717) is 18.0 Å². The molecule has 1 saturated heterocycles. The van der Waals surface area contributed by atoms with E-state index in [4.69, 9.17) is 4.74 Å². The lowest BCUT2D eigenvalue weighted by atomic mass is 10.1. The van der Waals surface area contributed by atoms with E-state index in [-0.39, 0.29) is 18.1 Å². The molecule has 0 spiro atoms. The normalized spacial score (nSPS) is 17.2. The summed E-state index contributed by atoms with van der Waals surface area (Å²) in [6.45, 7) is 4.74. The Morgan fingerprint density at radius 1 is 1.35 bits per heavy atom. The maximum atomic E-state index is 12.1. The Labute approximate surface area is 138 Å². The first-order chi connectivity index (χ1) is 11.0. The van der Waals surface area contributed by atoms with Gasteiger partial charge in [0.15, 0.2) is 0 Å². The number of amides is 2. The average Bonchev–Trinajstić information content (AvgIpc) is 3.13. The number of thiophene rings is 1. The van der Waals surface area contributed by atoms with Crippen molar-refractivity contribution in [1.82, 2.24) is 5.32 Å². The molecule has 1 N–H and O–H groups in total. The van der Waals surface area contributed by atoms with Crippen molar-refractivity contribution in [1.29, 1.82) is 0 Å². The van der Waals surface area contributed by atoms with Crippen molar-refractivity contribution in [3.8, 4) is 0 Å². The number of nitrogens with zero attached hydrogens (tertiary/aromatic N) is 1. The summed E-state index contributed by atoms with van der Waals surface area (Å²) >= 11 is 1.38. The zero-order valence-corrected chi connectivity index (χ0v) is 13.9. The van der Waals surface area contributed by atoms with Gasteiger partial charge in [0.1, 0.15) is 6.10 Å². The number of benzene rings is 1. The van der Waals surface area contributed by atoms with Gasteiger partial charge >= 0.3 is 6.09 Å². The molecule has 0 saturated carbocycles. The summed E-state index contributed by atoms with van der Waals surface area (Å²) in [4.78, 5) is 26.3. The summed E-state index contributed by atoms with van der Waals surface area (Å²) in [7, 11) is 0. The molecular weight excluding hydrogens is 312 g/mol. The van der Waals surface area contributed by atoms with Crippen LogP contribution in [0.5, 0.6) is 0 Å². The molecule has 1 aromatic carbocycles. The SMILES string of the molecule is Cc1cc(C)cc(N2CC(CNC(=O)c3cccs3)OC2=O)c1. The highest BCUT2D eigenvalue weighted by Crippen LogP contribution is 2.24. The maximum Gasteiger partial charge on any atom is 0.414 e. The number of anilines is 1. The molecule has 3 rings (SSSR count). The van der Waals surface area contributed by atoms with Gasteiger partial charge in [-0.2, -0.15) is 0 Å². The van der Waals surface area contributed by atoms with Gasteiger partial charge in [-0.25, -0.2) is 4.79 Å². The summed E-state index contributed by atoms with van der Waals surface area (Å²) in [6, 6.07) is 9.57. The van der Waals surface area contributed by atoms with Gasteiger partial charge < -0.3 is 10.1 Å². The molecule has 2 amide bonds. The number of nitrogens with one attached hydrogen (secondary N) is 1. The van der Waals surface area contributed by atoms with E-state index >= 15 is 0 Å². The number of carbonyl (C=O) groups excluding carboxylic acids is 2. The molecule has 1 aromatic heterocycles. The van der Waals surface area contributed by atoms with E-state index in [1.807, 2.05) is 37.4 Å². The number of hydrogen-bond acceptors (Lipinski definition) is 4. The van der Waals surface area contributed by atoms with Crippen LogP contribution in [-0.2, 0) is 4.74 Å². The first-order valence-electron chi connectivity index (χ1n) is 7.41. The van der Waals surface area contributed by atoms with Crippen molar-refractivity contribution in [2.75, 3.05) is 18.0 Å². The third kappa shape index (κ3) is 3.53. The molecule has 1 aliphatic rings. The summed E-state index contributed by atoms with van der Waals surface area (Å²) in [5.74, 6) is -0.138. The van der Waals surface area contributed by atoms with Gasteiger partial charge in [0.25, 0.3) is 5.91 Å². The molecule has 5 nitrogen and oxygen atoms in total. The molecule has 2 aromatic rings. The predicted molar refractivity (Wildman–Crippen MR) is 90.2 cm³/mol. The maximum absolute atomic E-state index is 12.1. The second-order valence-corrected chi connectivity index (χ2v) is 6.60. The van der Waals surface area contributed by atoms with Gasteiger partial charge in [0, 0.05) is 5.69 Å². The molecule has 6 heteroatoms. The largest absolute Gasteiger partial charge is 0.442 e. The Morgan fingerprint density at radius 3 is 2.74 bits per heavy atom. The molecule has 2 heterocycles. The van der Waals surface area contributed by atoms with E-state index in [9.17, 15) is 9.59 Å². The Morgan fingerprint density at radius 2 is 2.09 bits per heavy atom. The molecule has 1 unspecified atom stereocenters. The van der Waals surface area contributed by atoms with Crippen LogP contribution < -0.4 is 10.2 Å². The van der Waals surface area contributed by atoms with Crippen LogP contribution >= 0.6 is 11.3 Å². The number of ether oxygens (including phenoxy) is 1. The first-order valence-corrected chi connectivity index (χ1v) is 8.29. The topological polar surface area (TPSA) is 58.6 Å². The molecule has 1 aliphatic heterocycles. The van der Waals surface area contributed by atoms with Crippen LogP contribution in [0.3, 0.4) is 0 Å². The predicted octanol–water partition coefficient (Wildman–Crippen LogP) is 3.12. The second-order valence-electron chi connectivity index (χ2n) is 5.65. The number of cyclic esters (lactones) is 1. The standard InChI is InChI=1S/C17H18N2O3S/c1-11-6-12(2)8-13(7-11)19-10-14(22-17(19)21)9-18-16(20)15-4-3-5-23-15/h3-8,14H,9-10H2,1-2H3,(H,18,20). The lowest BCUT2D eigenvalue weighted by molar-refractivity contribution is 0.0920. The van der Waals surface area contributed by atoms with Crippen LogP contribution in [0.4, 0.5) is 10.5 Å². The summed E-state index contributed by atoms with van der Waals surface area (Å²) < 4.78 is 5.35. The molecule has 0 aliphatic carbocycles. The Balaban J connectivity index is 1.62. The van der Waals surface area contributed by atoms with Crippen molar-refractivity contribution in [2.24, 2.45) is 0 Å². The van der Waals surface area contributed by atoms with E-state index in [1.165, 1.54) is 11.3 Å². The first kappa shape index (κ1) is 15.6. The minimum atomic E-state index is -0.370. The molecule has 0 radical (unpaired) electrons. The molecule has 1 atom stereocenters. The highest BCUT2D eigenvalue weighted by Gasteiger charge is 2.32. The Hall–Kier alpha value is -2.34. The van der Waals surface area contributed by atoms with Gasteiger partial charge in [-0.05, 0) is 48.6 Å². The summed E-state index contributed by atoms with van der Waals surface area (Å²) in [5, 5.41) is 4.66. The van der Waals surface area contributed by atoms with Crippen LogP contribution in [0, 0.1) is 13.8 Å². The summed E-state index contributed by atoms with van der Waals surface area (Å²) in [5.41, 5.74) is 3.03. The number of hydrogen-bond donors (Lipinski definition) is 1. The second kappa shape index (κ2) is 6.42. The van der Waals surface area contributed by atoms with Crippen LogP contribution in [0.1, 0.15) is 20.8 Å². The highest BCUT2D eigenvalue weighted by atomic mass is 32.1. The Kier molecular flexibility index (Phi) is 4.34. The number of rotatable bonds is 4. The van der Waals surface area contributed by atoms with Gasteiger partial charge in [-0.3, -0.25) is 9.69 Å². The minimum Gasteiger partial charge on any atom is -0.442 e. The van der Waals surface area contributed by atoms with E-state index in [0.717, 1.165) is 16.8 Å².